The molecule has 0 amide bonds. The Hall–Kier alpha value is -2.67. The first-order valence-corrected chi connectivity index (χ1v) is 11.0. The number of hydrogen-bond acceptors (Lipinski definition) is 4. The lowest BCUT2D eigenvalue weighted by Crippen LogP contribution is -2.06. The summed E-state index contributed by atoms with van der Waals surface area (Å²) in [4.78, 5) is 4.26. The zero-order valence-corrected chi connectivity index (χ0v) is 17.9. The summed E-state index contributed by atoms with van der Waals surface area (Å²) in [6.07, 6.45) is 0. The molecule has 4 nitrogen and oxygen atoms in total. The number of halogens is 3. The molecule has 1 heterocycles. The minimum Gasteiger partial charge on any atom is -0.495 e. The molecule has 0 aliphatic heterocycles. The SMILES string of the molecule is COc1ccc(S(=O)(=O)c2cc(-c3ccc(Cl)cc3)c3cc(F)ccc3n2)cc1Cl. The second-order valence-corrected chi connectivity index (χ2v) is 9.22. The van der Waals surface area contributed by atoms with Gasteiger partial charge < -0.3 is 4.74 Å². The molecule has 30 heavy (non-hydrogen) atoms. The number of sulfone groups is 1. The molecule has 0 N–H and O–H groups in total. The van der Waals surface area contributed by atoms with Gasteiger partial charge in [-0.05, 0) is 65.7 Å². The van der Waals surface area contributed by atoms with Crippen LogP contribution in [0.3, 0.4) is 0 Å². The van der Waals surface area contributed by atoms with E-state index >= 15 is 0 Å². The number of ether oxygens (including phenoxy) is 1. The maximum absolute atomic E-state index is 13.9. The van der Waals surface area contributed by atoms with Gasteiger partial charge in [0, 0.05) is 10.4 Å². The normalized spacial score (nSPS) is 11.6. The molecule has 0 fully saturated rings. The van der Waals surface area contributed by atoms with Crippen LogP contribution < -0.4 is 4.74 Å². The summed E-state index contributed by atoms with van der Waals surface area (Å²) in [5, 5.41) is 1.01. The summed E-state index contributed by atoms with van der Waals surface area (Å²) in [6.45, 7) is 0. The Kier molecular flexibility index (Phi) is 5.40. The highest BCUT2D eigenvalue weighted by Crippen LogP contribution is 2.34. The predicted octanol–water partition coefficient (Wildman–Crippen LogP) is 6.19. The van der Waals surface area contributed by atoms with E-state index < -0.39 is 15.7 Å². The first-order valence-electron chi connectivity index (χ1n) is 8.74. The number of aromatic nitrogens is 1. The molecule has 8 heteroatoms. The van der Waals surface area contributed by atoms with Crippen molar-refractivity contribution in [2.45, 2.75) is 9.92 Å². The Morgan fingerprint density at radius 2 is 1.67 bits per heavy atom. The highest BCUT2D eigenvalue weighted by atomic mass is 35.5. The lowest BCUT2D eigenvalue weighted by atomic mass is 10.0. The minimum absolute atomic E-state index is 0.0238. The van der Waals surface area contributed by atoms with E-state index in [9.17, 15) is 12.8 Å². The molecule has 1 aromatic heterocycles. The number of hydrogen-bond donors (Lipinski definition) is 0. The van der Waals surface area contributed by atoms with Gasteiger partial charge in [0.15, 0.2) is 5.03 Å². The quantitative estimate of drug-likeness (QED) is 0.363. The molecular weight excluding hydrogens is 448 g/mol. The van der Waals surface area contributed by atoms with Crippen molar-refractivity contribution >= 4 is 43.9 Å². The number of pyridine rings is 1. The fourth-order valence-corrected chi connectivity index (χ4v) is 4.82. The third-order valence-corrected chi connectivity index (χ3v) is 6.79. The van der Waals surface area contributed by atoms with Crippen LogP contribution in [0, 0.1) is 5.82 Å². The molecule has 0 aliphatic rings. The van der Waals surface area contributed by atoms with Gasteiger partial charge in [-0.2, -0.15) is 0 Å². The highest BCUT2D eigenvalue weighted by molar-refractivity contribution is 7.91. The van der Waals surface area contributed by atoms with Crippen molar-refractivity contribution in [3.8, 4) is 16.9 Å². The summed E-state index contributed by atoms with van der Waals surface area (Å²) >= 11 is 12.1. The van der Waals surface area contributed by atoms with Crippen molar-refractivity contribution < 1.29 is 17.5 Å². The average Bonchev–Trinajstić information content (AvgIpc) is 2.73. The van der Waals surface area contributed by atoms with Crippen LogP contribution in [0.15, 0.2) is 76.7 Å². The van der Waals surface area contributed by atoms with E-state index in [1.807, 2.05) is 0 Å². The van der Waals surface area contributed by atoms with Crippen molar-refractivity contribution in [3.63, 3.8) is 0 Å². The molecular formula is C22H14Cl2FNO3S. The number of nitrogens with zero attached hydrogens (tertiary/aromatic N) is 1. The third-order valence-electron chi connectivity index (χ3n) is 4.61. The molecule has 0 saturated carbocycles. The van der Waals surface area contributed by atoms with Gasteiger partial charge in [-0.15, -0.1) is 0 Å². The van der Waals surface area contributed by atoms with Crippen LogP contribution in [-0.4, -0.2) is 20.5 Å². The molecule has 4 rings (SSSR count). The number of methoxy groups -OCH3 is 1. The minimum atomic E-state index is -4.00. The molecule has 0 unspecified atom stereocenters. The van der Waals surface area contributed by atoms with Crippen LogP contribution >= 0.6 is 23.2 Å². The predicted molar refractivity (Wildman–Crippen MR) is 116 cm³/mol. The van der Waals surface area contributed by atoms with Crippen molar-refractivity contribution in [1.29, 1.82) is 0 Å². The van der Waals surface area contributed by atoms with Crippen molar-refractivity contribution in [2.75, 3.05) is 7.11 Å². The smallest absolute Gasteiger partial charge is 0.223 e. The maximum atomic E-state index is 13.9. The fourth-order valence-electron chi connectivity index (χ4n) is 3.11. The van der Waals surface area contributed by atoms with E-state index in [0.717, 1.165) is 0 Å². The Bertz CT molecular complexity index is 1370. The Balaban J connectivity index is 1.96. The van der Waals surface area contributed by atoms with Gasteiger partial charge in [0.25, 0.3) is 0 Å². The molecule has 0 atom stereocenters. The topological polar surface area (TPSA) is 56.3 Å². The summed E-state index contributed by atoms with van der Waals surface area (Å²) in [7, 11) is -2.56. The van der Waals surface area contributed by atoms with Crippen molar-refractivity contribution in [3.05, 3.63) is 82.6 Å². The van der Waals surface area contributed by atoms with Gasteiger partial charge in [0.2, 0.25) is 9.84 Å². The van der Waals surface area contributed by atoms with E-state index in [2.05, 4.69) is 4.98 Å². The summed E-state index contributed by atoms with van der Waals surface area (Å²) in [5.41, 5.74) is 1.55. The first kappa shape index (κ1) is 20.6. The Labute approximate surface area is 182 Å². The van der Waals surface area contributed by atoms with Gasteiger partial charge in [-0.25, -0.2) is 17.8 Å². The molecule has 3 aromatic carbocycles. The molecule has 0 saturated heterocycles. The van der Waals surface area contributed by atoms with Crippen LogP contribution in [0.25, 0.3) is 22.0 Å². The molecule has 0 aliphatic carbocycles. The summed E-state index contributed by atoms with van der Waals surface area (Å²) in [5.74, 6) is -0.0866. The average molecular weight is 462 g/mol. The largest absolute Gasteiger partial charge is 0.495 e. The van der Waals surface area contributed by atoms with Gasteiger partial charge in [0.1, 0.15) is 11.6 Å². The summed E-state index contributed by atoms with van der Waals surface area (Å²) in [6, 6.07) is 16.5. The van der Waals surface area contributed by atoms with Gasteiger partial charge in [0.05, 0.1) is 22.5 Å². The summed E-state index contributed by atoms with van der Waals surface area (Å²) < 4.78 is 45.6. The number of rotatable bonds is 4. The Morgan fingerprint density at radius 1 is 0.933 bits per heavy atom. The highest BCUT2D eigenvalue weighted by Gasteiger charge is 2.23. The monoisotopic (exact) mass is 461 g/mol. The van der Waals surface area contributed by atoms with E-state index in [1.54, 1.807) is 24.3 Å². The lowest BCUT2D eigenvalue weighted by Gasteiger charge is -2.12. The lowest BCUT2D eigenvalue weighted by molar-refractivity contribution is 0.414. The van der Waals surface area contributed by atoms with E-state index in [0.29, 0.717) is 32.8 Å². The van der Waals surface area contributed by atoms with Crippen LogP contribution in [0.1, 0.15) is 0 Å². The van der Waals surface area contributed by atoms with Crippen molar-refractivity contribution in [1.82, 2.24) is 4.98 Å². The van der Waals surface area contributed by atoms with Gasteiger partial charge in [-0.3, -0.25) is 0 Å². The second kappa shape index (κ2) is 7.87. The van der Waals surface area contributed by atoms with Crippen LogP contribution in [0.5, 0.6) is 5.75 Å². The Morgan fingerprint density at radius 3 is 2.33 bits per heavy atom. The third kappa shape index (κ3) is 3.74. The molecule has 0 radical (unpaired) electrons. The number of fused-ring (bicyclic) bond motifs is 1. The van der Waals surface area contributed by atoms with Gasteiger partial charge in [-0.1, -0.05) is 35.3 Å². The molecule has 0 spiro atoms. The standard InChI is InChI=1S/C22H14Cl2FNO3S/c1-29-21-9-7-16(11-19(21)24)30(27,28)22-12-17(13-2-4-14(23)5-3-13)18-10-15(25)6-8-20(18)26-22/h2-12H,1H3. The van der Waals surface area contributed by atoms with E-state index in [1.165, 1.54) is 49.6 Å². The maximum Gasteiger partial charge on any atom is 0.223 e. The molecule has 0 bridgehead atoms. The fraction of sp³-hybridized carbons (Fsp3) is 0.0455. The van der Waals surface area contributed by atoms with E-state index in [4.69, 9.17) is 27.9 Å². The van der Waals surface area contributed by atoms with E-state index in [-0.39, 0.29) is 14.9 Å². The zero-order valence-electron chi connectivity index (χ0n) is 15.6. The number of benzene rings is 3. The van der Waals surface area contributed by atoms with Crippen molar-refractivity contribution in [2.24, 2.45) is 0 Å². The van der Waals surface area contributed by atoms with Crippen LogP contribution in [0.4, 0.5) is 4.39 Å². The molecule has 4 aromatic rings. The van der Waals surface area contributed by atoms with Crippen LogP contribution in [0.2, 0.25) is 10.0 Å². The van der Waals surface area contributed by atoms with Crippen LogP contribution in [-0.2, 0) is 9.84 Å². The second-order valence-electron chi connectivity index (χ2n) is 6.48. The first-order chi connectivity index (χ1) is 14.3. The van der Waals surface area contributed by atoms with Gasteiger partial charge >= 0.3 is 0 Å². The zero-order chi connectivity index (χ0) is 21.5. The molecule has 152 valence electrons.